The number of benzene rings is 1. The molecule has 4 heteroatoms. The monoisotopic (exact) mass is 234 g/mol. The second-order valence-corrected chi connectivity index (χ2v) is 4.85. The Morgan fingerprint density at radius 3 is 2.76 bits per heavy atom. The molecule has 0 atom stereocenters. The summed E-state index contributed by atoms with van der Waals surface area (Å²) in [6, 6.07) is 4.36. The highest BCUT2D eigenvalue weighted by atomic mass is 19.1. The Morgan fingerprint density at radius 2 is 2.00 bits per heavy atom. The summed E-state index contributed by atoms with van der Waals surface area (Å²) in [5, 5.41) is 0. The fourth-order valence-corrected chi connectivity index (χ4v) is 2.51. The molecule has 1 aliphatic rings. The average molecular weight is 234 g/mol. The third kappa shape index (κ3) is 1.82. The van der Waals surface area contributed by atoms with Crippen LogP contribution in [0.3, 0.4) is 0 Å². The number of hydrogen-bond donors (Lipinski definition) is 1. The van der Waals surface area contributed by atoms with Gasteiger partial charge < -0.3 is 10.2 Å². The highest BCUT2D eigenvalue weighted by Gasteiger charge is 2.34. The largest absolute Gasteiger partial charge is 0.439 e. The maximum atomic E-state index is 13.1. The molecule has 17 heavy (non-hydrogen) atoms. The second kappa shape index (κ2) is 3.81. The SMILES string of the molecule is NC1(c2nc3cc(F)ccc3o2)CCCCC1. The lowest BCUT2D eigenvalue weighted by Gasteiger charge is -2.29. The van der Waals surface area contributed by atoms with E-state index in [0.717, 1.165) is 25.7 Å². The minimum atomic E-state index is -0.465. The molecule has 0 bridgehead atoms. The van der Waals surface area contributed by atoms with Crippen LogP contribution in [0, 0.1) is 5.82 Å². The molecule has 0 spiro atoms. The zero-order valence-electron chi connectivity index (χ0n) is 9.58. The molecule has 2 N–H and O–H groups in total. The molecule has 1 aromatic heterocycles. The molecule has 1 heterocycles. The Bertz CT molecular complexity index is 543. The van der Waals surface area contributed by atoms with E-state index in [2.05, 4.69) is 4.98 Å². The third-order valence-corrected chi connectivity index (χ3v) is 3.52. The fourth-order valence-electron chi connectivity index (χ4n) is 2.51. The first-order valence-corrected chi connectivity index (χ1v) is 6.03. The van der Waals surface area contributed by atoms with Crippen molar-refractivity contribution in [3.63, 3.8) is 0 Å². The molecular weight excluding hydrogens is 219 g/mol. The molecule has 1 aliphatic carbocycles. The lowest BCUT2D eigenvalue weighted by atomic mass is 9.82. The lowest BCUT2D eigenvalue weighted by Crippen LogP contribution is -2.38. The predicted molar refractivity (Wildman–Crippen MR) is 62.9 cm³/mol. The molecule has 1 saturated carbocycles. The summed E-state index contributed by atoms with van der Waals surface area (Å²) in [5.41, 5.74) is 7.03. The topological polar surface area (TPSA) is 52.0 Å². The highest BCUT2D eigenvalue weighted by molar-refractivity contribution is 5.72. The van der Waals surface area contributed by atoms with Gasteiger partial charge >= 0.3 is 0 Å². The number of rotatable bonds is 1. The van der Waals surface area contributed by atoms with E-state index in [1.807, 2.05) is 0 Å². The van der Waals surface area contributed by atoms with E-state index in [9.17, 15) is 4.39 Å². The first-order chi connectivity index (χ1) is 8.17. The maximum Gasteiger partial charge on any atom is 0.215 e. The van der Waals surface area contributed by atoms with E-state index < -0.39 is 5.54 Å². The Balaban J connectivity index is 2.05. The third-order valence-electron chi connectivity index (χ3n) is 3.52. The Hall–Kier alpha value is -1.42. The zero-order valence-corrected chi connectivity index (χ0v) is 9.58. The zero-order chi connectivity index (χ0) is 11.9. The number of halogens is 1. The molecule has 0 saturated heterocycles. The summed E-state index contributed by atoms with van der Waals surface area (Å²) < 4.78 is 18.7. The molecule has 0 amide bonds. The van der Waals surface area contributed by atoms with Gasteiger partial charge in [0.2, 0.25) is 5.89 Å². The van der Waals surface area contributed by atoms with Gasteiger partial charge in [0, 0.05) is 6.07 Å². The van der Waals surface area contributed by atoms with Crippen molar-refractivity contribution in [2.75, 3.05) is 0 Å². The number of nitrogens with two attached hydrogens (primary N) is 1. The Kier molecular flexibility index (Phi) is 2.40. The van der Waals surface area contributed by atoms with Crippen LogP contribution in [-0.2, 0) is 5.54 Å². The van der Waals surface area contributed by atoms with Gasteiger partial charge in [-0.2, -0.15) is 0 Å². The molecular formula is C13H15FN2O. The van der Waals surface area contributed by atoms with Crippen LogP contribution in [0.4, 0.5) is 4.39 Å². The molecule has 2 aromatic rings. The van der Waals surface area contributed by atoms with Gasteiger partial charge in [-0.1, -0.05) is 19.3 Å². The van der Waals surface area contributed by atoms with E-state index in [4.69, 9.17) is 10.2 Å². The van der Waals surface area contributed by atoms with Gasteiger partial charge in [-0.15, -0.1) is 0 Å². The van der Waals surface area contributed by atoms with Gasteiger partial charge in [0.15, 0.2) is 5.58 Å². The summed E-state index contributed by atoms with van der Waals surface area (Å²) >= 11 is 0. The van der Waals surface area contributed by atoms with Crippen LogP contribution < -0.4 is 5.73 Å². The first kappa shape index (κ1) is 10.7. The minimum absolute atomic E-state index is 0.299. The number of aromatic nitrogens is 1. The minimum Gasteiger partial charge on any atom is -0.439 e. The maximum absolute atomic E-state index is 13.1. The lowest BCUT2D eigenvalue weighted by molar-refractivity contribution is 0.248. The smallest absolute Gasteiger partial charge is 0.215 e. The van der Waals surface area contributed by atoms with Gasteiger partial charge in [0.05, 0.1) is 5.54 Å². The summed E-state index contributed by atoms with van der Waals surface area (Å²) in [5.74, 6) is 0.255. The van der Waals surface area contributed by atoms with Crippen LogP contribution >= 0.6 is 0 Å². The summed E-state index contributed by atoms with van der Waals surface area (Å²) in [6.07, 6.45) is 5.20. The van der Waals surface area contributed by atoms with Crippen molar-refractivity contribution in [1.29, 1.82) is 0 Å². The summed E-state index contributed by atoms with van der Waals surface area (Å²) in [6.45, 7) is 0. The number of hydrogen-bond acceptors (Lipinski definition) is 3. The quantitative estimate of drug-likeness (QED) is 0.824. The van der Waals surface area contributed by atoms with Crippen molar-refractivity contribution in [1.82, 2.24) is 4.98 Å². The summed E-state index contributed by atoms with van der Waals surface area (Å²) in [4.78, 5) is 4.34. The van der Waals surface area contributed by atoms with Crippen LogP contribution in [0.1, 0.15) is 38.0 Å². The average Bonchev–Trinajstić information content (AvgIpc) is 2.73. The molecule has 3 rings (SSSR count). The second-order valence-electron chi connectivity index (χ2n) is 4.85. The Labute approximate surface area is 98.8 Å². The van der Waals surface area contributed by atoms with Crippen molar-refractivity contribution >= 4 is 11.1 Å². The molecule has 0 unspecified atom stereocenters. The Morgan fingerprint density at radius 1 is 1.24 bits per heavy atom. The van der Waals surface area contributed by atoms with E-state index in [1.54, 1.807) is 6.07 Å². The number of fused-ring (bicyclic) bond motifs is 1. The van der Waals surface area contributed by atoms with Gasteiger partial charge in [-0.05, 0) is 25.0 Å². The highest BCUT2D eigenvalue weighted by Crippen LogP contribution is 2.35. The molecule has 90 valence electrons. The molecule has 3 nitrogen and oxygen atoms in total. The van der Waals surface area contributed by atoms with Crippen molar-refractivity contribution in [3.05, 3.63) is 29.9 Å². The molecule has 0 radical (unpaired) electrons. The van der Waals surface area contributed by atoms with Crippen LogP contribution in [-0.4, -0.2) is 4.98 Å². The van der Waals surface area contributed by atoms with E-state index in [-0.39, 0.29) is 5.82 Å². The van der Waals surface area contributed by atoms with Crippen LogP contribution in [0.5, 0.6) is 0 Å². The van der Waals surface area contributed by atoms with Gasteiger partial charge in [0.1, 0.15) is 11.3 Å². The van der Waals surface area contributed by atoms with Crippen LogP contribution in [0.15, 0.2) is 22.6 Å². The van der Waals surface area contributed by atoms with Crippen LogP contribution in [0.25, 0.3) is 11.1 Å². The van der Waals surface area contributed by atoms with Crippen molar-refractivity contribution in [2.45, 2.75) is 37.6 Å². The van der Waals surface area contributed by atoms with Crippen molar-refractivity contribution in [2.24, 2.45) is 5.73 Å². The van der Waals surface area contributed by atoms with Crippen LogP contribution in [0.2, 0.25) is 0 Å². The van der Waals surface area contributed by atoms with E-state index in [0.29, 0.717) is 17.0 Å². The van der Waals surface area contributed by atoms with E-state index in [1.165, 1.54) is 18.6 Å². The van der Waals surface area contributed by atoms with E-state index >= 15 is 0 Å². The summed E-state index contributed by atoms with van der Waals surface area (Å²) in [7, 11) is 0. The van der Waals surface area contributed by atoms with Gasteiger partial charge in [-0.25, -0.2) is 9.37 Å². The molecule has 1 aromatic carbocycles. The number of oxazole rings is 1. The van der Waals surface area contributed by atoms with Crippen molar-refractivity contribution in [3.8, 4) is 0 Å². The van der Waals surface area contributed by atoms with Gasteiger partial charge in [0.25, 0.3) is 0 Å². The standard InChI is InChI=1S/C13H15FN2O/c14-9-4-5-11-10(8-9)16-12(17-11)13(15)6-2-1-3-7-13/h4-5,8H,1-3,6-7,15H2. The van der Waals surface area contributed by atoms with Crippen molar-refractivity contribution < 1.29 is 8.81 Å². The normalized spacial score (nSPS) is 19.6. The number of nitrogens with zero attached hydrogens (tertiary/aromatic N) is 1. The molecule has 0 aliphatic heterocycles. The fraction of sp³-hybridized carbons (Fsp3) is 0.462. The first-order valence-electron chi connectivity index (χ1n) is 6.03. The molecule has 1 fully saturated rings. The van der Waals surface area contributed by atoms with Gasteiger partial charge in [-0.3, -0.25) is 0 Å². The predicted octanol–water partition coefficient (Wildman–Crippen LogP) is 3.09.